The number of ether oxygens (including phenoxy) is 1. The van der Waals surface area contributed by atoms with Crippen LogP contribution in [0.5, 0.6) is 5.75 Å². The maximum atomic E-state index is 12.6. The van der Waals surface area contributed by atoms with Gasteiger partial charge >= 0.3 is 0 Å². The molecule has 6 heteroatoms. The van der Waals surface area contributed by atoms with Crippen LogP contribution >= 0.6 is 0 Å². The van der Waals surface area contributed by atoms with Crippen LogP contribution in [0, 0.1) is 5.92 Å². The lowest BCUT2D eigenvalue weighted by Crippen LogP contribution is -2.44. The first-order valence-corrected chi connectivity index (χ1v) is 9.11. The van der Waals surface area contributed by atoms with E-state index in [-0.39, 0.29) is 24.3 Å². The number of piperidine rings is 1. The third-order valence-electron chi connectivity index (χ3n) is 4.81. The van der Waals surface area contributed by atoms with Crippen molar-refractivity contribution < 1.29 is 14.3 Å². The molecule has 1 atom stereocenters. The van der Waals surface area contributed by atoms with Crippen LogP contribution in [-0.2, 0) is 9.59 Å². The number of carbonyl (C=O) groups excluding carboxylic acids is 2. The van der Waals surface area contributed by atoms with Crippen molar-refractivity contribution in [2.45, 2.75) is 12.8 Å². The number of hydrogen-bond acceptors (Lipinski definition) is 4. The zero-order valence-electron chi connectivity index (χ0n) is 15.5. The molecule has 0 bridgehead atoms. The summed E-state index contributed by atoms with van der Waals surface area (Å²) in [6, 6.07) is 15.6. The molecule has 1 fully saturated rings. The second-order valence-electron chi connectivity index (χ2n) is 6.84. The second kappa shape index (κ2) is 8.68. The summed E-state index contributed by atoms with van der Waals surface area (Å²) in [4.78, 5) is 25.6. The molecule has 1 aliphatic heterocycles. The van der Waals surface area contributed by atoms with Gasteiger partial charge in [-0.25, -0.2) is 0 Å². The number of amides is 2. The normalized spacial score (nSPS) is 17.3. The minimum Gasteiger partial charge on any atom is -0.497 e. The molecule has 0 aromatic heterocycles. The number of methoxy groups -OCH3 is 1. The number of benzene rings is 2. The second-order valence-corrected chi connectivity index (χ2v) is 6.84. The Morgan fingerprint density at radius 2 is 1.96 bits per heavy atom. The Hall–Kier alpha value is -2.86. The van der Waals surface area contributed by atoms with Crippen LogP contribution in [0.2, 0.25) is 0 Å². The van der Waals surface area contributed by atoms with Crippen LogP contribution in [0.4, 0.5) is 5.69 Å². The standard InChI is InChI=1S/C21H25N3O3/c1-27-19-6-2-4-16(12-19)15-7-9-18(10-8-15)23-21(26)17-5-3-11-24(13-17)14-20(22)25/h2,4,6-10,12,17H,3,5,11,13-14H2,1H3,(H2,22,25)(H,23,26). The maximum absolute atomic E-state index is 12.6. The number of primary amides is 1. The first-order chi connectivity index (χ1) is 13.0. The Bertz CT molecular complexity index is 805. The van der Waals surface area contributed by atoms with Gasteiger partial charge in [-0.3, -0.25) is 14.5 Å². The molecule has 2 amide bonds. The van der Waals surface area contributed by atoms with Gasteiger partial charge in [0.05, 0.1) is 19.6 Å². The monoisotopic (exact) mass is 367 g/mol. The Labute approximate surface area is 159 Å². The van der Waals surface area contributed by atoms with Crippen LogP contribution < -0.4 is 15.8 Å². The number of rotatable bonds is 6. The predicted molar refractivity (Wildman–Crippen MR) is 105 cm³/mol. The number of nitrogens with zero attached hydrogens (tertiary/aromatic N) is 1. The van der Waals surface area contributed by atoms with Crippen molar-refractivity contribution in [2.75, 3.05) is 32.1 Å². The van der Waals surface area contributed by atoms with Gasteiger partial charge in [0.15, 0.2) is 0 Å². The van der Waals surface area contributed by atoms with Crippen LogP contribution in [-0.4, -0.2) is 43.5 Å². The highest BCUT2D eigenvalue weighted by Gasteiger charge is 2.26. The van der Waals surface area contributed by atoms with Gasteiger partial charge in [-0.05, 0) is 54.8 Å². The topological polar surface area (TPSA) is 84.7 Å². The molecular formula is C21H25N3O3. The molecule has 3 rings (SSSR count). The Morgan fingerprint density at radius 1 is 1.19 bits per heavy atom. The smallest absolute Gasteiger partial charge is 0.231 e. The van der Waals surface area contributed by atoms with Crippen molar-refractivity contribution in [1.29, 1.82) is 0 Å². The summed E-state index contributed by atoms with van der Waals surface area (Å²) >= 11 is 0. The third kappa shape index (κ3) is 5.08. The molecular weight excluding hydrogens is 342 g/mol. The van der Waals surface area contributed by atoms with Crippen LogP contribution in [0.3, 0.4) is 0 Å². The van der Waals surface area contributed by atoms with Gasteiger partial charge in [0.25, 0.3) is 0 Å². The summed E-state index contributed by atoms with van der Waals surface area (Å²) in [5.74, 6) is 0.307. The zero-order valence-corrected chi connectivity index (χ0v) is 15.5. The van der Waals surface area contributed by atoms with Crippen molar-refractivity contribution in [3.63, 3.8) is 0 Å². The molecule has 3 N–H and O–H groups in total. The quantitative estimate of drug-likeness (QED) is 0.822. The molecule has 2 aromatic rings. The molecule has 1 heterocycles. The van der Waals surface area contributed by atoms with Gasteiger partial charge in [-0.15, -0.1) is 0 Å². The maximum Gasteiger partial charge on any atom is 0.231 e. The number of carbonyl (C=O) groups is 2. The lowest BCUT2D eigenvalue weighted by atomic mass is 9.97. The lowest BCUT2D eigenvalue weighted by Gasteiger charge is -2.30. The summed E-state index contributed by atoms with van der Waals surface area (Å²) in [5.41, 5.74) is 8.13. The SMILES string of the molecule is COc1cccc(-c2ccc(NC(=O)C3CCCN(CC(N)=O)C3)cc2)c1. The average molecular weight is 367 g/mol. The molecule has 0 spiro atoms. The Kier molecular flexibility index (Phi) is 6.08. The van der Waals surface area contributed by atoms with Crippen LogP contribution in [0.15, 0.2) is 48.5 Å². The van der Waals surface area contributed by atoms with Crippen molar-refractivity contribution >= 4 is 17.5 Å². The predicted octanol–water partition coefficient (Wildman–Crippen LogP) is 2.50. The number of anilines is 1. The summed E-state index contributed by atoms with van der Waals surface area (Å²) in [6.07, 6.45) is 1.71. The molecule has 142 valence electrons. The van der Waals surface area contributed by atoms with E-state index in [9.17, 15) is 9.59 Å². The van der Waals surface area contributed by atoms with E-state index >= 15 is 0 Å². The highest BCUT2D eigenvalue weighted by atomic mass is 16.5. The number of hydrogen-bond donors (Lipinski definition) is 2. The average Bonchev–Trinajstić information content (AvgIpc) is 2.68. The van der Waals surface area contributed by atoms with Crippen LogP contribution in [0.1, 0.15) is 12.8 Å². The van der Waals surface area contributed by atoms with Gasteiger partial charge in [0, 0.05) is 12.2 Å². The highest BCUT2D eigenvalue weighted by Crippen LogP contribution is 2.25. The summed E-state index contributed by atoms with van der Waals surface area (Å²) in [5, 5.41) is 2.98. The van der Waals surface area contributed by atoms with Gasteiger partial charge < -0.3 is 15.8 Å². The third-order valence-corrected chi connectivity index (χ3v) is 4.81. The van der Waals surface area contributed by atoms with Crippen molar-refractivity contribution in [1.82, 2.24) is 4.90 Å². The molecule has 27 heavy (non-hydrogen) atoms. The minimum absolute atomic E-state index is 0.0155. The van der Waals surface area contributed by atoms with E-state index < -0.39 is 0 Å². The Balaban J connectivity index is 1.62. The molecule has 0 aliphatic carbocycles. The van der Waals surface area contributed by atoms with E-state index in [1.54, 1.807) is 7.11 Å². The zero-order chi connectivity index (χ0) is 19.2. The van der Waals surface area contributed by atoms with E-state index in [1.165, 1.54) is 0 Å². The first kappa shape index (κ1) is 18.9. The van der Waals surface area contributed by atoms with Crippen molar-refractivity contribution in [3.8, 4) is 16.9 Å². The van der Waals surface area contributed by atoms with Crippen molar-refractivity contribution in [2.24, 2.45) is 11.7 Å². The summed E-state index contributed by atoms with van der Waals surface area (Å²) < 4.78 is 5.26. The van der Waals surface area contributed by atoms with E-state index in [0.29, 0.717) is 6.54 Å². The molecule has 2 aromatic carbocycles. The van der Waals surface area contributed by atoms with Gasteiger partial charge in [-0.2, -0.15) is 0 Å². The fraction of sp³-hybridized carbons (Fsp3) is 0.333. The number of nitrogens with two attached hydrogens (primary N) is 1. The fourth-order valence-corrected chi connectivity index (χ4v) is 3.43. The van der Waals surface area contributed by atoms with Gasteiger partial charge in [0.2, 0.25) is 11.8 Å². The lowest BCUT2D eigenvalue weighted by molar-refractivity contribution is -0.124. The largest absolute Gasteiger partial charge is 0.497 e. The molecule has 6 nitrogen and oxygen atoms in total. The molecule has 1 saturated heterocycles. The number of nitrogens with one attached hydrogen (secondary N) is 1. The van der Waals surface area contributed by atoms with E-state index in [0.717, 1.165) is 42.0 Å². The van der Waals surface area contributed by atoms with Gasteiger partial charge in [0.1, 0.15) is 5.75 Å². The van der Waals surface area contributed by atoms with Crippen LogP contribution in [0.25, 0.3) is 11.1 Å². The molecule has 0 saturated carbocycles. The van der Waals surface area contributed by atoms with E-state index in [1.807, 2.05) is 53.4 Å². The molecule has 1 unspecified atom stereocenters. The summed E-state index contributed by atoms with van der Waals surface area (Å²) in [7, 11) is 1.65. The first-order valence-electron chi connectivity index (χ1n) is 9.11. The van der Waals surface area contributed by atoms with Gasteiger partial charge in [-0.1, -0.05) is 24.3 Å². The fourth-order valence-electron chi connectivity index (χ4n) is 3.43. The number of likely N-dealkylation sites (tertiary alicyclic amines) is 1. The van der Waals surface area contributed by atoms with Crippen molar-refractivity contribution in [3.05, 3.63) is 48.5 Å². The Morgan fingerprint density at radius 3 is 2.67 bits per heavy atom. The molecule has 0 radical (unpaired) electrons. The van der Waals surface area contributed by atoms with E-state index in [4.69, 9.17) is 10.5 Å². The highest BCUT2D eigenvalue weighted by molar-refractivity contribution is 5.93. The summed E-state index contributed by atoms with van der Waals surface area (Å²) in [6.45, 7) is 1.58. The van der Waals surface area contributed by atoms with E-state index in [2.05, 4.69) is 5.32 Å². The molecule has 1 aliphatic rings. The minimum atomic E-state index is -0.357.